The standard InChI is InChI=1S/C20H19BrN2O6S2/c1-11-6-14(20(27)22-9-17(25)12-4-5-30-10-12)19(26)15(7-11)23-31(28,29)18-8-13(21)2-3-16(18)24/h2-8,10,17,23-26H,9H2,1H3,(H,22,27). The average molecular weight is 527 g/mol. The third-order valence-electron chi connectivity index (χ3n) is 4.34. The first-order chi connectivity index (χ1) is 14.6. The molecule has 0 saturated carbocycles. The number of phenols is 2. The molecule has 0 fully saturated rings. The Bertz CT molecular complexity index is 1210. The molecule has 0 aliphatic rings. The molecule has 164 valence electrons. The number of benzene rings is 2. The van der Waals surface area contributed by atoms with Crippen LogP contribution in [-0.4, -0.2) is 36.2 Å². The first-order valence-corrected chi connectivity index (χ1v) is 12.1. The van der Waals surface area contributed by atoms with Gasteiger partial charge in [0.15, 0.2) is 5.75 Å². The molecule has 0 aliphatic heterocycles. The quantitative estimate of drug-likeness (QED) is 0.299. The van der Waals surface area contributed by atoms with Crippen LogP contribution in [0.1, 0.15) is 27.6 Å². The van der Waals surface area contributed by atoms with Gasteiger partial charge in [0.05, 0.1) is 17.4 Å². The summed E-state index contributed by atoms with van der Waals surface area (Å²) in [6.07, 6.45) is -0.917. The molecule has 0 spiro atoms. The number of phenolic OH excluding ortho intramolecular Hbond substituents is 2. The van der Waals surface area contributed by atoms with Crippen molar-refractivity contribution in [1.82, 2.24) is 5.32 Å². The fourth-order valence-electron chi connectivity index (χ4n) is 2.80. The van der Waals surface area contributed by atoms with Crippen LogP contribution in [0, 0.1) is 6.92 Å². The van der Waals surface area contributed by atoms with Crippen molar-refractivity contribution in [2.75, 3.05) is 11.3 Å². The van der Waals surface area contributed by atoms with Gasteiger partial charge < -0.3 is 20.6 Å². The molecule has 31 heavy (non-hydrogen) atoms. The van der Waals surface area contributed by atoms with Crippen LogP contribution in [0.3, 0.4) is 0 Å². The fraction of sp³-hybridized carbons (Fsp3) is 0.150. The third kappa shape index (κ3) is 5.37. The molecule has 1 aromatic heterocycles. The van der Waals surface area contributed by atoms with E-state index in [9.17, 15) is 28.5 Å². The van der Waals surface area contributed by atoms with Crippen LogP contribution in [-0.2, 0) is 10.0 Å². The van der Waals surface area contributed by atoms with Gasteiger partial charge in [-0.2, -0.15) is 11.3 Å². The number of halogens is 1. The molecule has 5 N–H and O–H groups in total. The minimum Gasteiger partial charge on any atom is -0.507 e. The smallest absolute Gasteiger partial charge is 0.265 e. The molecule has 0 bridgehead atoms. The maximum atomic E-state index is 12.7. The molecule has 0 radical (unpaired) electrons. The Morgan fingerprint density at radius 2 is 1.94 bits per heavy atom. The molecule has 8 nitrogen and oxygen atoms in total. The molecular formula is C20H19BrN2O6S2. The average Bonchev–Trinajstić information content (AvgIpc) is 3.25. The number of anilines is 1. The van der Waals surface area contributed by atoms with Gasteiger partial charge in [0.25, 0.3) is 15.9 Å². The molecule has 1 heterocycles. The number of sulfonamides is 1. The van der Waals surface area contributed by atoms with Gasteiger partial charge in [0, 0.05) is 11.0 Å². The second-order valence-electron chi connectivity index (χ2n) is 6.71. The molecule has 3 aromatic rings. The first-order valence-electron chi connectivity index (χ1n) is 8.92. The molecule has 0 saturated heterocycles. The van der Waals surface area contributed by atoms with Gasteiger partial charge in [0.1, 0.15) is 10.6 Å². The zero-order valence-electron chi connectivity index (χ0n) is 16.2. The van der Waals surface area contributed by atoms with Crippen LogP contribution >= 0.6 is 27.3 Å². The van der Waals surface area contributed by atoms with Crippen LogP contribution in [0.5, 0.6) is 11.5 Å². The number of hydrogen-bond donors (Lipinski definition) is 5. The summed E-state index contributed by atoms with van der Waals surface area (Å²) in [5, 5.41) is 36.7. The highest BCUT2D eigenvalue weighted by atomic mass is 79.9. The van der Waals surface area contributed by atoms with E-state index in [4.69, 9.17) is 0 Å². The Morgan fingerprint density at radius 3 is 2.61 bits per heavy atom. The second-order valence-corrected chi connectivity index (χ2v) is 10.1. The Kier molecular flexibility index (Phi) is 6.90. The van der Waals surface area contributed by atoms with Crippen molar-refractivity contribution in [3.05, 3.63) is 68.3 Å². The molecular weight excluding hydrogens is 508 g/mol. The van der Waals surface area contributed by atoms with Crippen molar-refractivity contribution in [3.63, 3.8) is 0 Å². The molecule has 1 unspecified atom stereocenters. The van der Waals surface area contributed by atoms with Gasteiger partial charge in [-0.05, 0) is 65.2 Å². The largest absolute Gasteiger partial charge is 0.507 e. The van der Waals surface area contributed by atoms with Gasteiger partial charge in [-0.15, -0.1) is 0 Å². The van der Waals surface area contributed by atoms with Crippen LogP contribution < -0.4 is 10.0 Å². The number of aryl methyl sites for hydroxylation is 1. The molecule has 2 aromatic carbocycles. The summed E-state index contributed by atoms with van der Waals surface area (Å²) in [5.74, 6) is -1.73. The van der Waals surface area contributed by atoms with E-state index in [0.29, 0.717) is 15.6 Å². The summed E-state index contributed by atoms with van der Waals surface area (Å²) in [6, 6.07) is 8.40. The van der Waals surface area contributed by atoms with Gasteiger partial charge >= 0.3 is 0 Å². The summed E-state index contributed by atoms with van der Waals surface area (Å²) in [4.78, 5) is 12.2. The SMILES string of the molecule is Cc1cc(NS(=O)(=O)c2cc(Br)ccc2O)c(O)c(C(=O)NCC(O)c2ccsc2)c1. The minimum absolute atomic E-state index is 0.0874. The van der Waals surface area contributed by atoms with Crippen molar-refractivity contribution in [1.29, 1.82) is 0 Å². The Labute approximate surface area is 191 Å². The fourth-order valence-corrected chi connectivity index (χ4v) is 5.20. The number of amides is 1. The predicted octanol–water partition coefficient (Wildman–Crippen LogP) is 3.49. The number of carbonyl (C=O) groups excluding carboxylic acids is 1. The van der Waals surface area contributed by atoms with Crippen molar-refractivity contribution in [2.24, 2.45) is 0 Å². The van der Waals surface area contributed by atoms with E-state index in [1.54, 1.807) is 23.8 Å². The number of hydrogen-bond acceptors (Lipinski definition) is 7. The summed E-state index contributed by atoms with van der Waals surface area (Å²) in [7, 11) is -4.26. The summed E-state index contributed by atoms with van der Waals surface area (Å²) in [6.45, 7) is 1.54. The lowest BCUT2D eigenvalue weighted by molar-refractivity contribution is 0.0914. The predicted molar refractivity (Wildman–Crippen MR) is 121 cm³/mol. The molecule has 1 atom stereocenters. The number of aromatic hydroxyl groups is 2. The third-order valence-corrected chi connectivity index (χ3v) is 6.93. The maximum absolute atomic E-state index is 12.7. The van der Waals surface area contributed by atoms with Crippen molar-refractivity contribution in [2.45, 2.75) is 17.9 Å². The maximum Gasteiger partial charge on any atom is 0.265 e. The molecule has 11 heteroatoms. The number of aliphatic hydroxyl groups excluding tert-OH is 1. The number of nitrogens with one attached hydrogen (secondary N) is 2. The summed E-state index contributed by atoms with van der Waals surface area (Å²) in [5.41, 5.74) is 0.787. The van der Waals surface area contributed by atoms with Crippen molar-refractivity contribution < 1.29 is 28.5 Å². The van der Waals surface area contributed by atoms with Gasteiger partial charge in [-0.3, -0.25) is 9.52 Å². The topological polar surface area (TPSA) is 136 Å². The monoisotopic (exact) mass is 526 g/mol. The molecule has 1 amide bonds. The highest BCUT2D eigenvalue weighted by molar-refractivity contribution is 9.10. The van der Waals surface area contributed by atoms with E-state index in [0.717, 1.165) is 0 Å². The Morgan fingerprint density at radius 1 is 1.19 bits per heavy atom. The van der Waals surface area contributed by atoms with E-state index in [-0.39, 0.29) is 17.8 Å². The number of rotatable bonds is 7. The van der Waals surface area contributed by atoms with Crippen molar-refractivity contribution >= 4 is 48.9 Å². The summed E-state index contributed by atoms with van der Waals surface area (Å²) < 4.78 is 28.1. The highest BCUT2D eigenvalue weighted by Crippen LogP contribution is 2.34. The lowest BCUT2D eigenvalue weighted by Crippen LogP contribution is -2.28. The van der Waals surface area contributed by atoms with Crippen LogP contribution in [0.4, 0.5) is 5.69 Å². The first kappa shape index (κ1) is 23.1. The number of thiophene rings is 1. The van der Waals surface area contributed by atoms with Crippen LogP contribution in [0.15, 0.2) is 56.5 Å². The van der Waals surface area contributed by atoms with Gasteiger partial charge in [-0.1, -0.05) is 15.9 Å². The Hall–Kier alpha value is -2.60. The zero-order chi connectivity index (χ0) is 22.8. The van der Waals surface area contributed by atoms with Crippen LogP contribution in [0.25, 0.3) is 0 Å². The number of aliphatic hydroxyl groups is 1. The number of carbonyl (C=O) groups is 1. The Balaban J connectivity index is 1.85. The zero-order valence-corrected chi connectivity index (χ0v) is 19.4. The van der Waals surface area contributed by atoms with E-state index >= 15 is 0 Å². The molecule has 3 rings (SSSR count). The normalized spacial score (nSPS) is 12.4. The second kappa shape index (κ2) is 9.27. The lowest BCUT2D eigenvalue weighted by Gasteiger charge is -2.15. The molecule has 0 aliphatic carbocycles. The summed E-state index contributed by atoms with van der Waals surface area (Å²) >= 11 is 4.56. The van der Waals surface area contributed by atoms with Gasteiger partial charge in [0.2, 0.25) is 0 Å². The van der Waals surface area contributed by atoms with E-state index in [1.165, 1.54) is 41.7 Å². The van der Waals surface area contributed by atoms with Gasteiger partial charge in [-0.25, -0.2) is 8.42 Å². The van der Waals surface area contributed by atoms with E-state index in [1.807, 2.05) is 0 Å². The van der Waals surface area contributed by atoms with E-state index < -0.39 is 38.4 Å². The minimum atomic E-state index is -4.26. The van der Waals surface area contributed by atoms with Crippen LogP contribution in [0.2, 0.25) is 0 Å². The van der Waals surface area contributed by atoms with E-state index in [2.05, 4.69) is 26.0 Å². The van der Waals surface area contributed by atoms with Crippen molar-refractivity contribution in [3.8, 4) is 11.5 Å². The lowest BCUT2D eigenvalue weighted by atomic mass is 10.1. The highest BCUT2D eigenvalue weighted by Gasteiger charge is 2.23.